The highest BCUT2D eigenvalue weighted by Crippen LogP contribution is 2.31. The summed E-state index contributed by atoms with van der Waals surface area (Å²) < 4.78 is 0. The van der Waals surface area contributed by atoms with Crippen LogP contribution in [0.5, 0.6) is 0 Å². The predicted molar refractivity (Wildman–Crippen MR) is 68.3 cm³/mol. The minimum atomic E-state index is -0.829. The molecule has 0 aliphatic carbocycles. The highest BCUT2D eigenvalue weighted by atomic mass is 32.1. The summed E-state index contributed by atoms with van der Waals surface area (Å²) in [6.45, 7) is 1.51. The topological polar surface area (TPSA) is 153 Å². The molecule has 1 heterocycles. The lowest BCUT2D eigenvalue weighted by molar-refractivity contribution is -0.117. The van der Waals surface area contributed by atoms with Crippen molar-refractivity contribution in [3.63, 3.8) is 0 Å². The first kappa shape index (κ1) is 13.9. The molecule has 1 aromatic heterocycles. The van der Waals surface area contributed by atoms with Crippen LogP contribution in [-0.2, 0) is 4.79 Å². The number of amides is 4. The second-order valence-electron chi connectivity index (χ2n) is 3.48. The van der Waals surface area contributed by atoms with Gasteiger partial charge in [-0.25, -0.2) is 4.79 Å². The van der Waals surface area contributed by atoms with Gasteiger partial charge in [0.05, 0.1) is 16.6 Å². The van der Waals surface area contributed by atoms with E-state index in [1.54, 1.807) is 0 Å². The number of primary amides is 2. The lowest BCUT2D eigenvalue weighted by Crippen LogP contribution is -2.32. The molecular formula is C9H13N5O3S. The summed E-state index contributed by atoms with van der Waals surface area (Å²) in [5.41, 5.74) is 15.5. The third-order valence-corrected chi connectivity index (χ3v) is 2.86. The van der Waals surface area contributed by atoms with Crippen LogP contribution < -0.4 is 27.8 Å². The Hall–Kier alpha value is -2.13. The van der Waals surface area contributed by atoms with Crippen LogP contribution in [0.3, 0.4) is 0 Å². The van der Waals surface area contributed by atoms with E-state index in [9.17, 15) is 14.4 Å². The van der Waals surface area contributed by atoms with E-state index in [0.717, 1.165) is 11.3 Å². The molecule has 0 aliphatic heterocycles. The number of hydrogen-bond donors (Lipinski definition) is 5. The maximum atomic E-state index is 11.4. The molecule has 9 heteroatoms. The largest absolute Gasteiger partial charge is 0.366 e. The molecule has 0 saturated carbocycles. The summed E-state index contributed by atoms with van der Waals surface area (Å²) in [7, 11) is 0. The normalized spacial score (nSPS) is 11.7. The number of carbonyl (C=O) groups is 3. The molecule has 8 N–H and O–H groups in total. The van der Waals surface area contributed by atoms with Crippen LogP contribution in [0.1, 0.15) is 17.3 Å². The van der Waals surface area contributed by atoms with Gasteiger partial charge < -0.3 is 22.5 Å². The van der Waals surface area contributed by atoms with Crippen LogP contribution in [0.2, 0.25) is 0 Å². The molecule has 1 aromatic rings. The molecule has 1 rings (SSSR count). The van der Waals surface area contributed by atoms with Crippen molar-refractivity contribution in [1.82, 2.24) is 0 Å². The van der Waals surface area contributed by atoms with Crippen molar-refractivity contribution in [3.8, 4) is 0 Å². The zero-order valence-electron chi connectivity index (χ0n) is 9.52. The molecule has 4 amide bonds. The van der Waals surface area contributed by atoms with Crippen LogP contribution >= 0.6 is 11.3 Å². The van der Waals surface area contributed by atoms with Crippen molar-refractivity contribution in [2.24, 2.45) is 17.2 Å². The minimum absolute atomic E-state index is 0.0683. The lowest BCUT2D eigenvalue weighted by Gasteiger charge is -2.04. The molecule has 0 spiro atoms. The average molecular weight is 271 g/mol. The highest BCUT2D eigenvalue weighted by molar-refractivity contribution is 7.20. The van der Waals surface area contributed by atoms with E-state index < -0.39 is 23.9 Å². The van der Waals surface area contributed by atoms with Gasteiger partial charge in [0, 0.05) is 0 Å². The van der Waals surface area contributed by atoms with E-state index in [1.165, 1.54) is 13.0 Å². The Bertz CT molecular complexity index is 496. The molecule has 1 atom stereocenters. The highest BCUT2D eigenvalue weighted by Gasteiger charge is 2.17. The van der Waals surface area contributed by atoms with Gasteiger partial charge in [0.1, 0.15) is 5.00 Å². The first-order valence-electron chi connectivity index (χ1n) is 4.87. The fourth-order valence-electron chi connectivity index (χ4n) is 1.08. The van der Waals surface area contributed by atoms with Gasteiger partial charge in [0.25, 0.3) is 5.91 Å². The van der Waals surface area contributed by atoms with E-state index in [-0.39, 0.29) is 10.6 Å². The number of anilines is 2. The molecule has 18 heavy (non-hydrogen) atoms. The van der Waals surface area contributed by atoms with Gasteiger partial charge in [0.15, 0.2) is 0 Å². The molecule has 0 bridgehead atoms. The Labute approximate surface area is 107 Å². The minimum Gasteiger partial charge on any atom is -0.366 e. The summed E-state index contributed by atoms with van der Waals surface area (Å²) in [5, 5.41) is 5.25. The molecule has 0 radical (unpaired) electrons. The van der Waals surface area contributed by atoms with Gasteiger partial charge in [-0.2, -0.15) is 0 Å². The first-order valence-corrected chi connectivity index (χ1v) is 5.69. The molecule has 8 nitrogen and oxygen atoms in total. The third kappa shape index (κ3) is 3.43. The Balaban J connectivity index is 2.98. The smallest absolute Gasteiger partial charge is 0.317 e. The van der Waals surface area contributed by atoms with Crippen molar-refractivity contribution in [2.75, 3.05) is 10.6 Å². The zero-order chi connectivity index (χ0) is 13.9. The number of nitrogens with two attached hydrogens (primary N) is 3. The second kappa shape index (κ2) is 5.47. The summed E-state index contributed by atoms with van der Waals surface area (Å²) in [5.74, 6) is -1.16. The van der Waals surface area contributed by atoms with Gasteiger partial charge in [-0.15, -0.1) is 0 Å². The van der Waals surface area contributed by atoms with Crippen molar-refractivity contribution < 1.29 is 14.4 Å². The van der Waals surface area contributed by atoms with E-state index >= 15 is 0 Å². The van der Waals surface area contributed by atoms with Gasteiger partial charge in [-0.3, -0.25) is 14.9 Å². The van der Waals surface area contributed by atoms with Gasteiger partial charge in [0.2, 0.25) is 5.91 Å². The van der Waals surface area contributed by atoms with Crippen molar-refractivity contribution in [1.29, 1.82) is 0 Å². The van der Waals surface area contributed by atoms with Crippen molar-refractivity contribution in [3.05, 3.63) is 11.6 Å². The zero-order valence-corrected chi connectivity index (χ0v) is 10.3. The predicted octanol–water partition coefficient (Wildman–Crippen LogP) is -0.377. The van der Waals surface area contributed by atoms with Crippen LogP contribution in [0, 0.1) is 0 Å². The Morgan fingerprint density at radius 2 is 1.89 bits per heavy atom. The number of urea groups is 1. The number of thiophene rings is 1. The van der Waals surface area contributed by atoms with Crippen LogP contribution in [0.15, 0.2) is 6.07 Å². The third-order valence-electron chi connectivity index (χ3n) is 1.89. The molecule has 0 saturated heterocycles. The number of carbonyl (C=O) groups excluding carboxylic acids is 3. The van der Waals surface area contributed by atoms with Crippen LogP contribution in [-0.4, -0.2) is 23.9 Å². The van der Waals surface area contributed by atoms with E-state index in [4.69, 9.17) is 17.2 Å². The molecule has 1 unspecified atom stereocenters. The van der Waals surface area contributed by atoms with Gasteiger partial charge in [-0.1, -0.05) is 11.3 Å². The van der Waals surface area contributed by atoms with E-state index in [2.05, 4.69) is 10.6 Å². The number of hydrogen-bond acceptors (Lipinski definition) is 5. The van der Waals surface area contributed by atoms with Crippen molar-refractivity contribution >= 4 is 39.2 Å². The molecule has 0 fully saturated rings. The fourth-order valence-corrected chi connectivity index (χ4v) is 2.05. The summed E-state index contributed by atoms with van der Waals surface area (Å²) in [4.78, 5) is 33.2. The summed E-state index contributed by atoms with van der Waals surface area (Å²) >= 11 is 0.962. The maximum Gasteiger partial charge on any atom is 0.317 e. The maximum absolute atomic E-state index is 11.4. The second-order valence-corrected chi connectivity index (χ2v) is 4.54. The summed E-state index contributed by atoms with van der Waals surface area (Å²) in [6, 6.07) is -0.181. The van der Waals surface area contributed by atoms with E-state index in [1.807, 2.05) is 0 Å². The number of rotatable bonds is 4. The first-order chi connectivity index (χ1) is 8.31. The van der Waals surface area contributed by atoms with Crippen LogP contribution in [0.4, 0.5) is 14.8 Å². The average Bonchev–Trinajstić information content (AvgIpc) is 2.59. The molecule has 0 aromatic carbocycles. The summed E-state index contributed by atoms with van der Waals surface area (Å²) in [6.07, 6.45) is 0. The van der Waals surface area contributed by atoms with Gasteiger partial charge in [-0.05, 0) is 13.0 Å². The monoisotopic (exact) mass is 271 g/mol. The van der Waals surface area contributed by atoms with Gasteiger partial charge >= 0.3 is 6.03 Å². The quantitative estimate of drug-likeness (QED) is 0.506. The Kier molecular flexibility index (Phi) is 4.23. The SMILES string of the molecule is CC(N)C(=O)Nc1cc(C(N)=O)c(NC(N)=O)s1. The van der Waals surface area contributed by atoms with Crippen LogP contribution in [0.25, 0.3) is 0 Å². The van der Waals surface area contributed by atoms with E-state index in [0.29, 0.717) is 5.00 Å². The van der Waals surface area contributed by atoms with Crippen molar-refractivity contribution in [2.45, 2.75) is 13.0 Å². The fraction of sp³-hybridized carbons (Fsp3) is 0.222. The lowest BCUT2D eigenvalue weighted by atomic mass is 10.3. The molecular weight excluding hydrogens is 258 g/mol. The molecule has 0 aliphatic rings. The number of nitrogens with one attached hydrogen (secondary N) is 2. The molecule has 98 valence electrons. The Morgan fingerprint density at radius 1 is 1.28 bits per heavy atom. The standard InChI is InChI=1S/C9H13N5O3S/c1-3(10)7(16)13-5-2-4(6(11)15)8(18-5)14-9(12)17/h2-3H,10H2,1H3,(H2,11,15)(H,13,16)(H3,12,14,17). The Morgan fingerprint density at radius 3 is 2.33 bits per heavy atom.